The number of hydrogen-bond donors (Lipinski definition) is 2. The van der Waals surface area contributed by atoms with Gasteiger partial charge in [-0.1, -0.05) is 30.3 Å². The van der Waals surface area contributed by atoms with Gasteiger partial charge in [-0.05, 0) is 34.3 Å². The summed E-state index contributed by atoms with van der Waals surface area (Å²) in [5.41, 5.74) is 3.58. The molecular weight excluding hydrogens is 215 g/mol. The maximum atomic E-state index is 11.9. The predicted octanol–water partition coefficient (Wildman–Crippen LogP) is 0.988. The molecule has 0 saturated carbocycles. The van der Waals surface area contributed by atoms with E-state index in [1.165, 1.54) is 6.08 Å². The molecule has 0 spiro atoms. The van der Waals surface area contributed by atoms with Crippen molar-refractivity contribution in [3.05, 3.63) is 58.6 Å². The van der Waals surface area contributed by atoms with Crippen molar-refractivity contribution in [2.24, 2.45) is 0 Å². The zero-order chi connectivity index (χ0) is 12.0. The third-order valence-electron chi connectivity index (χ3n) is 3.01. The van der Waals surface area contributed by atoms with Crippen LogP contribution < -0.4 is 0 Å². The van der Waals surface area contributed by atoms with Crippen molar-refractivity contribution in [3.8, 4) is 0 Å². The van der Waals surface area contributed by atoms with Crippen molar-refractivity contribution in [3.63, 3.8) is 0 Å². The van der Waals surface area contributed by atoms with Crippen molar-refractivity contribution in [1.29, 1.82) is 0 Å². The van der Waals surface area contributed by atoms with Gasteiger partial charge in [-0.15, -0.1) is 0 Å². The average molecular weight is 224 g/mol. The first-order chi connectivity index (χ1) is 8.16. The number of ketones is 1. The molecule has 2 aliphatic rings. The van der Waals surface area contributed by atoms with Crippen LogP contribution in [0.3, 0.4) is 0 Å². The van der Waals surface area contributed by atoms with Crippen LogP contribution in [0.2, 0.25) is 0 Å². The van der Waals surface area contributed by atoms with Gasteiger partial charge in [0.05, 0.1) is 0 Å². The summed E-state index contributed by atoms with van der Waals surface area (Å²) in [6.07, 6.45) is 4.76. The van der Waals surface area contributed by atoms with Crippen molar-refractivity contribution >= 4 is 24.6 Å². The van der Waals surface area contributed by atoms with Gasteiger partial charge in [0.15, 0.2) is 5.78 Å². The standard InChI is InChI=1S/C13H9BO3/c15-13-7-9(14(16)17)6-11-10-4-2-1-3-8(10)5-12(11)13/h1-7,16-17H. The van der Waals surface area contributed by atoms with E-state index >= 15 is 0 Å². The van der Waals surface area contributed by atoms with Gasteiger partial charge in [0, 0.05) is 5.57 Å². The Kier molecular flexibility index (Phi) is 2.14. The molecule has 2 N–H and O–H groups in total. The third-order valence-corrected chi connectivity index (χ3v) is 3.01. The Labute approximate surface area is 98.5 Å². The molecule has 17 heavy (non-hydrogen) atoms. The summed E-state index contributed by atoms with van der Waals surface area (Å²) in [6, 6.07) is 7.66. The molecule has 0 aliphatic heterocycles. The number of carbonyl (C=O) groups excluding carboxylic acids is 1. The maximum Gasteiger partial charge on any atom is 0.488 e. The first-order valence-corrected chi connectivity index (χ1v) is 5.32. The molecule has 2 aliphatic carbocycles. The van der Waals surface area contributed by atoms with E-state index < -0.39 is 7.12 Å². The van der Waals surface area contributed by atoms with Gasteiger partial charge in [0.25, 0.3) is 0 Å². The SMILES string of the molecule is O=C1C=C(B(O)O)C=C2C1=Cc1ccccc12. The Balaban J connectivity index is 2.18. The topological polar surface area (TPSA) is 57.5 Å². The zero-order valence-corrected chi connectivity index (χ0v) is 8.92. The van der Waals surface area contributed by atoms with E-state index in [1.807, 2.05) is 30.3 Å². The number of allylic oxidation sites excluding steroid dienone is 5. The molecule has 0 heterocycles. The fourth-order valence-electron chi connectivity index (χ4n) is 2.19. The van der Waals surface area contributed by atoms with E-state index in [2.05, 4.69) is 0 Å². The molecule has 0 atom stereocenters. The molecular formula is C13H9BO3. The van der Waals surface area contributed by atoms with Crippen LogP contribution >= 0.6 is 0 Å². The maximum absolute atomic E-state index is 11.9. The smallest absolute Gasteiger partial charge is 0.423 e. The molecule has 0 amide bonds. The minimum atomic E-state index is -1.61. The quantitative estimate of drug-likeness (QED) is 0.699. The zero-order valence-electron chi connectivity index (χ0n) is 8.92. The van der Waals surface area contributed by atoms with Gasteiger partial charge in [0.1, 0.15) is 0 Å². The van der Waals surface area contributed by atoms with E-state index in [9.17, 15) is 4.79 Å². The van der Waals surface area contributed by atoms with E-state index in [1.54, 1.807) is 6.08 Å². The lowest BCUT2D eigenvalue weighted by atomic mass is 9.74. The normalized spacial score (nSPS) is 16.8. The van der Waals surface area contributed by atoms with Crippen LogP contribution in [0.25, 0.3) is 11.6 Å². The predicted molar refractivity (Wildman–Crippen MR) is 65.7 cm³/mol. The monoisotopic (exact) mass is 224 g/mol. The Morgan fingerprint density at radius 3 is 2.47 bits per heavy atom. The first kappa shape index (κ1) is 10.3. The molecule has 0 unspecified atom stereocenters. The van der Waals surface area contributed by atoms with Crippen LogP contribution in [0.15, 0.2) is 47.5 Å². The van der Waals surface area contributed by atoms with Gasteiger partial charge in [-0.25, -0.2) is 0 Å². The van der Waals surface area contributed by atoms with Crippen molar-refractivity contribution < 1.29 is 14.8 Å². The molecule has 3 nitrogen and oxygen atoms in total. The highest BCUT2D eigenvalue weighted by Crippen LogP contribution is 2.38. The van der Waals surface area contributed by atoms with Gasteiger partial charge in [-0.3, -0.25) is 4.79 Å². The highest BCUT2D eigenvalue weighted by atomic mass is 16.4. The van der Waals surface area contributed by atoms with Crippen molar-refractivity contribution in [1.82, 2.24) is 0 Å². The lowest BCUT2D eigenvalue weighted by molar-refractivity contribution is -0.110. The van der Waals surface area contributed by atoms with E-state index in [0.29, 0.717) is 5.57 Å². The lowest BCUT2D eigenvalue weighted by Gasteiger charge is -2.12. The van der Waals surface area contributed by atoms with E-state index in [4.69, 9.17) is 10.0 Å². The summed E-state index contributed by atoms with van der Waals surface area (Å²) >= 11 is 0. The fraction of sp³-hybridized carbons (Fsp3) is 0. The average Bonchev–Trinajstić information content (AvgIpc) is 2.68. The van der Waals surface area contributed by atoms with Crippen LogP contribution in [0.4, 0.5) is 0 Å². The number of hydrogen-bond acceptors (Lipinski definition) is 3. The van der Waals surface area contributed by atoms with Crippen LogP contribution in [0.5, 0.6) is 0 Å². The molecule has 82 valence electrons. The van der Waals surface area contributed by atoms with Crippen molar-refractivity contribution in [2.45, 2.75) is 0 Å². The first-order valence-electron chi connectivity index (χ1n) is 5.32. The van der Waals surface area contributed by atoms with Crippen LogP contribution in [0.1, 0.15) is 11.1 Å². The number of benzene rings is 1. The van der Waals surface area contributed by atoms with Gasteiger partial charge >= 0.3 is 7.12 Å². The third kappa shape index (κ3) is 1.50. The summed E-state index contributed by atoms with van der Waals surface area (Å²) < 4.78 is 0. The second-order valence-electron chi connectivity index (χ2n) is 4.09. The van der Waals surface area contributed by atoms with Gasteiger partial charge < -0.3 is 10.0 Å². The Morgan fingerprint density at radius 2 is 1.71 bits per heavy atom. The van der Waals surface area contributed by atoms with Crippen LogP contribution in [-0.2, 0) is 4.79 Å². The second kappa shape index (κ2) is 3.55. The highest BCUT2D eigenvalue weighted by molar-refractivity contribution is 6.54. The fourth-order valence-corrected chi connectivity index (χ4v) is 2.19. The summed E-state index contributed by atoms with van der Waals surface area (Å²) in [7, 11) is -1.61. The highest BCUT2D eigenvalue weighted by Gasteiger charge is 2.28. The minimum Gasteiger partial charge on any atom is -0.423 e. The van der Waals surface area contributed by atoms with Gasteiger partial charge in [-0.2, -0.15) is 0 Å². The van der Waals surface area contributed by atoms with Crippen LogP contribution in [-0.4, -0.2) is 22.9 Å². The summed E-state index contributed by atoms with van der Waals surface area (Å²) in [5.74, 6) is -0.179. The summed E-state index contributed by atoms with van der Waals surface area (Å²) in [6.45, 7) is 0. The number of rotatable bonds is 1. The van der Waals surface area contributed by atoms with Crippen LogP contribution in [0, 0.1) is 0 Å². The molecule has 1 aromatic carbocycles. The Morgan fingerprint density at radius 1 is 0.941 bits per heavy atom. The summed E-state index contributed by atoms with van der Waals surface area (Å²) in [5, 5.41) is 18.3. The number of carbonyl (C=O) groups is 1. The van der Waals surface area contributed by atoms with Gasteiger partial charge in [0.2, 0.25) is 0 Å². The Hall–Kier alpha value is -1.91. The largest absolute Gasteiger partial charge is 0.488 e. The van der Waals surface area contributed by atoms with E-state index in [-0.39, 0.29) is 11.3 Å². The molecule has 0 bridgehead atoms. The van der Waals surface area contributed by atoms with E-state index in [0.717, 1.165) is 16.7 Å². The molecule has 4 heteroatoms. The Bertz CT molecular complexity index is 609. The molecule has 0 aromatic heterocycles. The molecule has 0 radical (unpaired) electrons. The number of fused-ring (bicyclic) bond motifs is 3. The molecule has 0 saturated heterocycles. The lowest BCUT2D eigenvalue weighted by Crippen LogP contribution is -2.18. The van der Waals surface area contributed by atoms with Crippen molar-refractivity contribution in [2.75, 3.05) is 0 Å². The molecule has 1 aromatic rings. The minimum absolute atomic E-state index is 0.179. The summed E-state index contributed by atoms with van der Waals surface area (Å²) in [4.78, 5) is 11.9. The second-order valence-corrected chi connectivity index (χ2v) is 4.09. The molecule has 0 fully saturated rings. The molecule has 3 rings (SSSR count).